The van der Waals surface area contributed by atoms with Crippen LogP contribution in [-0.4, -0.2) is 35.6 Å². The molecule has 1 fully saturated rings. The molecule has 1 heterocycles. The van der Waals surface area contributed by atoms with Crippen LogP contribution in [0.2, 0.25) is 0 Å². The van der Waals surface area contributed by atoms with Crippen LogP contribution in [0.15, 0.2) is 12.1 Å². The van der Waals surface area contributed by atoms with Gasteiger partial charge >= 0.3 is 0 Å². The number of hydrogen-bond donors (Lipinski definition) is 3. The van der Waals surface area contributed by atoms with E-state index in [4.69, 9.17) is 0 Å². The van der Waals surface area contributed by atoms with Crippen LogP contribution in [0.5, 0.6) is 0 Å². The highest BCUT2D eigenvalue weighted by Gasteiger charge is 2.24. The molecule has 2 atom stereocenters. The zero-order valence-electron chi connectivity index (χ0n) is 11.5. The summed E-state index contributed by atoms with van der Waals surface area (Å²) in [5.74, 6) is -0.486. The van der Waals surface area contributed by atoms with E-state index in [1.807, 2.05) is 13.0 Å². The Balaban J connectivity index is 1.76. The molecular weight excluding hydrogens is 276 g/mol. The maximum atomic E-state index is 11.8. The van der Waals surface area contributed by atoms with Crippen LogP contribution in [0, 0.1) is 6.92 Å². The van der Waals surface area contributed by atoms with Gasteiger partial charge in [-0.15, -0.1) is 11.3 Å². The van der Waals surface area contributed by atoms with Crippen LogP contribution in [0.4, 0.5) is 0 Å². The molecule has 2 rings (SSSR count). The van der Waals surface area contributed by atoms with E-state index in [1.54, 1.807) is 6.07 Å². The maximum absolute atomic E-state index is 11.8. The number of aliphatic hydroxyl groups excluding tert-OH is 1. The van der Waals surface area contributed by atoms with Gasteiger partial charge in [0.05, 0.1) is 23.6 Å². The highest BCUT2D eigenvalue weighted by molar-refractivity contribution is 7.13. The van der Waals surface area contributed by atoms with Gasteiger partial charge in [-0.2, -0.15) is 0 Å². The van der Waals surface area contributed by atoms with E-state index in [1.165, 1.54) is 11.3 Å². The van der Waals surface area contributed by atoms with Crippen molar-refractivity contribution in [2.75, 3.05) is 6.54 Å². The molecule has 3 N–H and O–H groups in total. The lowest BCUT2D eigenvalue weighted by atomic mass is 9.92. The minimum atomic E-state index is -0.469. The molecule has 0 bridgehead atoms. The van der Waals surface area contributed by atoms with Crippen LogP contribution in [0.3, 0.4) is 0 Å². The maximum Gasteiger partial charge on any atom is 0.261 e. The molecule has 1 aliphatic carbocycles. The van der Waals surface area contributed by atoms with Gasteiger partial charge in [0.15, 0.2) is 0 Å². The Morgan fingerprint density at radius 3 is 2.75 bits per heavy atom. The highest BCUT2D eigenvalue weighted by Crippen LogP contribution is 2.18. The summed E-state index contributed by atoms with van der Waals surface area (Å²) in [7, 11) is 0. The van der Waals surface area contributed by atoms with Gasteiger partial charge in [0.2, 0.25) is 5.91 Å². The van der Waals surface area contributed by atoms with E-state index < -0.39 is 6.10 Å². The summed E-state index contributed by atoms with van der Waals surface area (Å²) >= 11 is 1.40. The second-order valence-corrected chi connectivity index (χ2v) is 6.41. The molecule has 1 aliphatic rings. The summed E-state index contributed by atoms with van der Waals surface area (Å²) in [6, 6.07) is 3.44. The lowest BCUT2D eigenvalue weighted by molar-refractivity contribution is -0.122. The highest BCUT2D eigenvalue weighted by atomic mass is 32.1. The van der Waals surface area contributed by atoms with E-state index in [0.717, 1.165) is 30.6 Å². The van der Waals surface area contributed by atoms with Crippen LogP contribution in [0.1, 0.15) is 40.2 Å². The van der Waals surface area contributed by atoms with Crippen molar-refractivity contribution in [1.29, 1.82) is 0 Å². The fraction of sp³-hybridized carbons (Fsp3) is 0.571. The number of aryl methyl sites for hydroxylation is 1. The molecule has 0 saturated heterocycles. The van der Waals surface area contributed by atoms with Gasteiger partial charge in [0.1, 0.15) is 0 Å². The SMILES string of the molecule is Cc1ccc(C(=O)NCC(=O)NC2CCCCC2O)s1. The molecular formula is C14H20N2O3S. The third-order valence-corrected chi connectivity index (χ3v) is 4.45. The fourth-order valence-electron chi connectivity index (χ4n) is 2.34. The lowest BCUT2D eigenvalue weighted by Gasteiger charge is -2.28. The number of amides is 2. The zero-order chi connectivity index (χ0) is 14.5. The predicted octanol–water partition coefficient (Wildman–Crippen LogP) is 1.21. The predicted molar refractivity (Wildman–Crippen MR) is 77.8 cm³/mol. The first kappa shape index (κ1) is 15.0. The first-order chi connectivity index (χ1) is 9.56. The summed E-state index contributed by atoms with van der Waals surface area (Å²) in [6.07, 6.45) is 3.07. The molecule has 0 aromatic carbocycles. The molecule has 0 spiro atoms. The topological polar surface area (TPSA) is 78.4 Å². The third kappa shape index (κ3) is 4.05. The Hall–Kier alpha value is -1.40. The average Bonchev–Trinajstić information content (AvgIpc) is 2.85. The number of thiophene rings is 1. The quantitative estimate of drug-likeness (QED) is 0.781. The van der Waals surface area contributed by atoms with Crippen LogP contribution >= 0.6 is 11.3 Å². The monoisotopic (exact) mass is 296 g/mol. The smallest absolute Gasteiger partial charge is 0.261 e. The molecule has 110 valence electrons. The molecule has 2 amide bonds. The summed E-state index contributed by atoms with van der Waals surface area (Å²) in [4.78, 5) is 25.2. The molecule has 2 unspecified atom stereocenters. The van der Waals surface area contributed by atoms with Crippen LogP contribution in [0.25, 0.3) is 0 Å². The van der Waals surface area contributed by atoms with Crippen molar-refractivity contribution in [1.82, 2.24) is 10.6 Å². The minimum absolute atomic E-state index is 0.0565. The molecule has 5 nitrogen and oxygen atoms in total. The van der Waals surface area contributed by atoms with Crippen molar-refractivity contribution in [2.45, 2.75) is 44.8 Å². The van der Waals surface area contributed by atoms with Gasteiger partial charge in [0.25, 0.3) is 5.91 Å². The first-order valence-corrected chi connectivity index (χ1v) is 7.70. The molecule has 1 aromatic heterocycles. The summed E-state index contributed by atoms with van der Waals surface area (Å²) in [6.45, 7) is 1.87. The Morgan fingerprint density at radius 2 is 2.10 bits per heavy atom. The molecule has 6 heteroatoms. The van der Waals surface area contributed by atoms with Crippen LogP contribution in [-0.2, 0) is 4.79 Å². The van der Waals surface area contributed by atoms with Crippen LogP contribution < -0.4 is 10.6 Å². The summed E-state index contributed by atoms with van der Waals surface area (Å²) in [5.41, 5.74) is 0. The van der Waals surface area contributed by atoms with Crippen molar-refractivity contribution in [3.63, 3.8) is 0 Å². The average molecular weight is 296 g/mol. The van der Waals surface area contributed by atoms with Crippen molar-refractivity contribution < 1.29 is 14.7 Å². The zero-order valence-corrected chi connectivity index (χ0v) is 12.3. The standard InChI is InChI=1S/C14H20N2O3S/c1-9-6-7-12(20-9)14(19)15-8-13(18)16-10-4-2-3-5-11(10)17/h6-7,10-11,17H,2-5,8H2,1H3,(H,15,19)(H,16,18). The summed E-state index contributed by atoms with van der Waals surface area (Å²) in [5, 5.41) is 15.2. The van der Waals surface area contributed by atoms with Crippen molar-refractivity contribution in [2.24, 2.45) is 0 Å². The number of aliphatic hydroxyl groups is 1. The molecule has 0 aliphatic heterocycles. The number of carbonyl (C=O) groups is 2. The van der Waals surface area contributed by atoms with E-state index in [-0.39, 0.29) is 24.4 Å². The first-order valence-electron chi connectivity index (χ1n) is 6.88. The van der Waals surface area contributed by atoms with E-state index >= 15 is 0 Å². The largest absolute Gasteiger partial charge is 0.391 e. The summed E-state index contributed by atoms with van der Waals surface area (Å²) < 4.78 is 0. The van der Waals surface area contributed by atoms with Crippen molar-refractivity contribution in [3.05, 3.63) is 21.9 Å². The van der Waals surface area contributed by atoms with Gasteiger partial charge < -0.3 is 15.7 Å². The third-order valence-electron chi connectivity index (χ3n) is 3.45. The molecule has 20 heavy (non-hydrogen) atoms. The Bertz CT molecular complexity index is 487. The second kappa shape index (κ2) is 6.85. The molecule has 0 radical (unpaired) electrons. The van der Waals surface area contributed by atoms with Gasteiger partial charge in [0, 0.05) is 4.88 Å². The van der Waals surface area contributed by atoms with Gasteiger partial charge in [-0.1, -0.05) is 12.8 Å². The Kier molecular flexibility index (Phi) is 5.14. The number of rotatable bonds is 4. The fourth-order valence-corrected chi connectivity index (χ4v) is 3.13. The number of carbonyl (C=O) groups excluding carboxylic acids is 2. The number of hydrogen-bond acceptors (Lipinski definition) is 4. The molecule has 1 saturated carbocycles. The number of nitrogens with one attached hydrogen (secondary N) is 2. The van der Waals surface area contributed by atoms with E-state index in [2.05, 4.69) is 10.6 Å². The van der Waals surface area contributed by atoms with Gasteiger partial charge in [-0.25, -0.2) is 0 Å². The Labute approximate surface area is 122 Å². The molecule has 1 aromatic rings. The lowest BCUT2D eigenvalue weighted by Crippen LogP contribution is -2.48. The minimum Gasteiger partial charge on any atom is -0.391 e. The van der Waals surface area contributed by atoms with E-state index in [9.17, 15) is 14.7 Å². The second-order valence-electron chi connectivity index (χ2n) is 5.12. The van der Waals surface area contributed by atoms with Gasteiger partial charge in [-0.05, 0) is 31.9 Å². The van der Waals surface area contributed by atoms with Crippen molar-refractivity contribution in [3.8, 4) is 0 Å². The Morgan fingerprint density at radius 1 is 1.35 bits per heavy atom. The van der Waals surface area contributed by atoms with Crippen molar-refractivity contribution >= 4 is 23.2 Å². The normalized spacial score (nSPS) is 22.3. The van der Waals surface area contributed by atoms with E-state index in [0.29, 0.717) is 4.88 Å². The van der Waals surface area contributed by atoms with Gasteiger partial charge in [-0.3, -0.25) is 9.59 Å².